The van der Waals surface area contributed by atoms with Crippen molar-refractivity contribution in [2.75, 3.05) is 25.5 Å². The van der Waals surface area contributed by atoms with Crippen LogP contribution in [0.1, 0.15) is 32.3 Å². The monoisotopic (exact) mass is 290 g/mol. The molecule has 0 aliphatic heterocycles. The van der Waals surface area contributed by atoms with E-state index >= 15 is 0 Å². The molecule has 0 radical (unpaired) electrons. The molecule has 0 saturated carbocycles. The van der Waals surface area contributed by atoms with Gasteiger partial charge in [-0.3, -0.25) is 10.1 Å². The average Bonchev–Trinajstić information content (AvgIpc) is 2.46. The third-order valence-electron chi connectivity index (χ3n) is 3.46. The van der Waals surface area contributed by atoms with E-state index in [0.29, 0.717) is 23.8 Å². The summed E-state index contributed by atoms with van der Waals surface area (Å²) < 4.78 is 0. The van der Waals surface area contributed by atoms with E-state index in [1.807, 2.05) is 6.07 Å². The van der Waals surface area contributed by atoms with Crippen molar-refractivity contribution in [2.45, 2.75) is 32.7 Å². The van der Waals surface area contributed by atoms with Gasteiger partial charge in [0.2, 0.25) is 0 Å². The highest BCUT2D eigenvalue weighted by molar-refractivity contribution is 5.63. The summed E-state index contributed by atoms with van der Waals surface area (Å²) in [7, 11) is 2.09. The van der Waals surface area contributed by atoms with Crippen molar-refractivity contribution in [2.24, 2.45) is 0 Å². The molecule has 0 aliphatic carbocycles. The molecule has 1 aromatic carbocycles. The van der Waals surface area contributed by atoms with Crippen LogP contribution in [0.4, 0.5) is 11.4 Å². The van der Waals surface area contributed by atoms with Crippen LogP contribution >= 0.6 is 0 Å². The van der Waals surface area contributed by atoms with Gasteiger partial charge in [0.05, 0.1) is 16.6 Å². The fourth-order valence-electron chi connectivity index (χ4n) is 1.87. The molecule has 114 valence electrons. The van der Waals surface area contributed by atoms with Crippen molar-refractivity contribution in [1.29, 1.82) is 5.26 Å². The number of nitro benzene ring substituents is 1. The molecule has 0 fully saturated rings. The highest BCUT2D eigenvalue weighted by atomic mass is 16.6. The van der Waals surface area contributed by atoms with Crippen LogP contribution in [0, 0.1) is 21.4 Å². The van der Waals surface area contributed by atoms with Gasteiger partial charge < -0.3 is 10.2 Å². The van der Waals surface area contributed by atoms with Crippen molar-refractivity contribution < 1.29 is 4.92 Å². The number of rotatable bonds is 8. The van der Waals surface area contributed by atoms with Crippen LogP contribution in [0.15, 0.2) is 18.2 Å². The second-order valence-electron chi connectivity index (χ2n) is 5.31. The Hall–Kier alpha value is -2.13. The summed E-state index contributed by atoms with van der Waals surface area (Å²) in [5.41, 5.74) is 0.718. The number of hydrogen-bond acceptors (Lipinski definition) is 5. The Bertz CT molecular complexity index is 523. The minimum Gasteiger partial charge on any atom is -0.379 e. The van der Waals surface area contributed by atoms with Gasteiger partial charge in [-0.1, -0.05) is 0 Å². The van der Waals surface area contributed by atoms with Gasteiger partial charge in [0.1, 0.15) is 5.69 Å². The maximum Gasteiger partial charge on any atom is 0.293 e. The number of nitriles is 1. The zero-order valence-corrected chi connectivity index (χ0v) is 12.8. The van der Waals surface area contributed by atoms with Crippen LogP contribution in [0.5, 0.6) is 0 Å². The lowest BCUT2D eigenvalue weighted by atomic mass is 10.2. The molecule has 1 rings (SSSR count). The van der Waals surface area contributed by atoms with Crippen molar-refractivity contribution in [3.63, 3.8) is 0 Å². The van der Waals surface area contributed by atoms with Crippen molar-refractivity contribution >= 4 is 11.4 Å². The summed E-state index contributed by atoms with van der Waals surface area (Å²) in [6.07, 6.45) is 1.97. The lowest BCUT2D eigenvalue weighted by molar-refractivity contribution is -0.384. The first-order valence-electron chi connectivity index (χ1n) is 7.08. The largest absolute Gasteiger partial charge is 0.379 e. The molecule has 0 aliphatic rings. The summed E-state index contributed by atoms with van der Waals surface area (Å²) in [4.78, 5) is 12.8. The molecule has 6 nitrogen and oxygen atoms in total. The number of nitrogens with zero attached hydrogens (tertiary/aromatic N) is 3. The Morgan fingerprint density at radius 1 is 1.43 bits per heavy atom. The highest BCUT2D eigenvalue weighted by Gasteiger charge is 2.14. The molecule has 0 amide bonds. The topological polar surface area (TPSA) is 82.2 Å². The van der Waals surface area contributed by atoms with Crippen LogP contribution in [-0.4, -0.2) is 36.0 Å². The van der Waals surface area contributed by atoms with Gasteiger partial charge in [-0.25, -0.2) is 0 Å². The van der Waals surface area contributed by atoms with Gasteiger partial charge in [-0.2, -0.15) is 5.26 Å². The van der Waals surface area contributed by atoms with E-state index in [4.69, 9.17) is 5.26 Å². The first-order valence-corrected chi connectivity index (χ1v) is 7.08. The summed E-state index contributed by atoms with van der Waals surface area (Å²) >= 11 is 0. The van der Waals surface area contributed by atoms with Crippen molar-refractivity contribution in [3.8, 4) is 6.07 Å². The van der Waals surface area contributed by atoms with Crippen LogP contribution in [0.25, 0.3) is 0 Å². The van der Waals surface area contributed by atoms with E-state index in [9.17, 15) is 10.1 Å². The molecule has 0 atom stereocenters. The van der Waals surface area contributed by atoms with Crippen molar-refractivity contribution in [1.82, 2.24) is 4.90 Å². The van der Waals surface area contributed by atoms with Crippen LogP contribution in [0.2, 0.25) is 0 Å². The van der Waals surface area contributed by atoms with Gasteiger partial charge in [-0.05, 0) is 52.4 Å². The van der Waals surface area contributed by atoms with Gasteiger partial charge in [0.15, 0.2) is 0 Å². The molecule has 0 spiro atoms. The molecule has 0 bridgehead atoms. The second kappa shape index (κ2) is 8.22. The highest BCUT2D eigenvalue weighted by Crippen LogP contribution is 2.25. The molecule has 0 heterocycles. The van der Waals surface area contributed by atoms with E-state index in [1.54, 1.807) is 12.1 Å². The van der Waals surface area contributed by atoms with Crippen LogP contribution < -0.4 is 5.32 Å². The molecule has 0 unspecified atom stereocenters. The fourth-order valence-corrected chi connectivity index (χ4v) is 1.87. The van der Waals surface area contributed by atoms with E-state index in [-0.39, 0.29) is 5.69 Å². The SMILES string of the molecule is CC(C)N(C)CCCCNc1ccc(C#N)cc1[N+](=O)[O-]. The normalized spacial score (nSPS) is 10.7. The zero-order chi connectivity index (χ0) is 15.8. The minimum atomic E-state index is -0.463. The molecule has 1 aromatic rings. The number of hydrogen-bond donors (Lipinski definition) is 1. The molecule has 6 heteroatoms. The molecule has 0 aromatic heterocycles. The van der Waals surface area contributed by atoms with Crippen molar-refractivity contribution in [3.05, 3.63) is 33.9 Å². The quantitative estimate of drug-likeness (QED) is 0.452. The van der Waals surface area contributed by atoms with Gasteiger partial charge >= 0.3 is 0 Å². The van der Waals surface area contributed by atoms with E-state index < -0.39 is 4.92 Å². The Kier molecular flexibility index (Phi) is 6.63. The maximum absolute atomic E-state index is 11.0. The number of anilines is 1. The zero-order valence-electron chi connectivity index (χ0n) is 12.8. The van der Waals surface area contributed by atoms with Crippen LogP contribution in [0.3, 0.4) is 0 Å². The second-order valence-corrected chi connectivity index (χ2v) is 5.31. The number of unbranched alkanes of at least 4 members (excludes halogenated alkanes) is 1. The van der Waals surface area contributed by atoms with Gasteiger partial charge in [-0.15, -0.1) is 0 Å². The molecular weight excluding hydrogens is 268 g/mol. The third kappa shape index (κ3) is 5.40. The first-order chi connectivity index (χ1) is 9.95. The summed E-state index contributed by atoms with van der Waals surface area (Å²) in [5, 5.41) is 22.9. The summed E-state index contributed by atoms with van der Waals surface area (Å²) in [5.74, 6) is 0. The smallest absolute Gasteiger partial charge is 0.293 e. The molecule has 21 heavy (non-hydrogen) atoms. The molecule has 1 N–H and O–H groups in total. The molecular formula is C15H22N4O2. The summed E-state index contributed by atoms with van der Waals surface area (Å²) in [6.45, 7) is 5.99. The Morgan fingerprint density at radius 2 is 2.14 bits per heavy atom. The van der Waals surface area contributed by atoms with E-state index in [0.717, 1.165) is 19.4 Å². The Labute approximate surface area is 125 Å². The predicted octanol–water partition coefficient (Wildman–Crippen LogP) is 3.00. The van der Waals surface area contributed by atoms with E-state index in [1.165, 1.54) is 6.07 Å². The number of nitrogens with one attached hydrogen (secondary N) is 1. The maximum atomic E-state index is 11.0. The Morgan fingerprint density at radius 3 is 2.71 bits per heavy atom. The Balaban J connectivity index is 2.49. The predicted molar refractivity (Wildman–Crippen MR) is 83.3 cm³/mol. The molecule has 0 saturated heterocycles. The standard InChI is InChI=1S/C15H22N4O2/c1-12(2)18(3)9-5-4-8-17-14-7-6-13(11-16)10-15(14)19(20)21/h6-7,10,12,17H,4-5,8-9H2,1-3H3. The average molecular weight is 290 g/mol. The lowest BCUT2D eigenvalue weighted by Gasteiger charge is -2.20. The minimum absolute atomic E-state index is 0.0478. The third-order valence-corrected chi connectivity index (χ3v) is 3.46. The number of nitro groups is 1. The number of benzene rings is 1. The summed E-state index contributed by atoms with van der Waals surface area (Å²) in [6, 6.07) is 6.92. The van der Waals surface area contributed by atoms with Gasteiger partial charge in [0, 0.05) is 18.7 Å². The first kappa shape index (κ1) is 16.9. The van der Waals surface area contributed by atoms with Crippen LogP contribution in [-0.2, 0) is 0 Å². The van der Waals surface area contributed by atoms with Gasteiger partial charge in [0.25, 0.3) is 5.69 Å². The lowest BCUT2D eigenvalue weighted by Crippen LogP contribution is -2.27. The fraction of sp³-hybridized carbons (Fsp3) is 0.533. The van der Waals surface area contributed by atoms with E-state index in [2.05, 4.69) is 31.1 Å².